The number of hydrogen-bond acceptors (Lipinski definition) is 2. The molecule has 0 fully saturated rings. The second kappa shape index (κ2) is 5.22. The molecule has 18 heavy (non-hydrogen) atoms. The minimum Gasteiger partial charge on any atom is -0.233 e. The Morgan fingerprint density at radius 1 is 1.00 bits per heavy atom. The Bertz CT molecular complexity index is 541. The number of hydrogen-bond donors (Lipinski definition) is 0. The molecule has 0 unspecified atom stereocenters. The van der Waals surface area contributed by atoms with Crippen LogP contribution in [0.15, 0.2) is 30.3 Å². The number of benzene rings is 1. The Morgan fingerprint density at radius 3 is 2.11 bits per heavy atom. The molecule has 2 aromatic rings. The van der Waals surface area contributed by atoms with E-state index in [0.29, 0.717) is 5.69 Å². The minimum absolute atomic E-state index is 0.0784. The predicted molar refractivity (Wildman–Crippen MR) is 76.5 cm³/mol. The van der Waals surface area contributed by atoms with Crippen LogP contribution >= 0.6 is 46.4 Å². The van der Waals surface area contributed by atoms with Crippen LogP contribution in [-0.4, -0.2) is 9.97 Å². The number of aromatic nitrogens is 2. The molecule has 0 saturated heterocycles. The van der Waals surface area contributed by atoms with Crippen LogP contribution in [0, 0.1) is 6.92 Å². The summed E-state index contributed by atoms with van der Waals surface area (Å²) < 4.78 is -1.68. The molecular formula is C12H8Cl4N2. The van der Waals surface area contributed by atoms with Crippen molar-refractivity contribution in [3.8, 4) is 11.1 Å². The number of nitrogens with zero attached hydrogens (tertiary/aromatic N) is 2. The largest absolute Gasteiger partial charge is 0.250 e. The van der Waals surface area contributed by atoms with E-state index in [2.05, 4.69) is 9.97 Å². The van der Waals surface area contributed by atoms with Gasteiger partial charge in [-0.3, -0.25) is 0 Å². The van der Waals surface area contributed by atoms with Crippen molar-refractivity contribution in [2.75, 3.05) is 0 Å². The van der Waals surface area contributed by atoms with Crippen LogP contribution in [0.2, 0.25) is 5.15 Å². The quantitative estimate of drug-likeness (QED) is 0.549. The number of halogens is 4. The molecule has 0 radical (unpaired) electrons. The molecule has 1 aromatic heterocycles. The molecule has 1 aromatic carbocycles. The third-order valence-corrected chi connectivity index (χ3v) is 3.14. The first-order valence-corrected chi connectivity index (χ1v) is 6.57. The van der Waals surface area contributed by atoms with Crippen molar-refractivity contribution in [2.24, 2.45) is 0 Å². The summed E-state index contributed by atoms with van der Waals surface area (Å²) in [7, 11) is 0. The van der Waals surface area contributed by atoms with E-state index < -0.39 is 3.79 Å². The van der Waals surface area contributed by atoms with Gasteiger partial charge >= 0.3 is 0 Å². The number of alkyl halides is 3. The van der Waals surface area contributed by atoms with Gasteiger partial charge in [0.25, 0.3) is 0 Å². The molecule has 2 nitrogen and oxygen atoms in total. The summed E-state index contributed by atoms with van der Waals surface area (Å²) in [6, 6.07) is 9.59. The third-order valence-electron chi connectivity index (χ3n) is 2.36. The Hall–Kier alpha value is -0.540. The van der Waals surface area contributed by atoms with Crippen molar-refractivity contribution in [3.05, 3.63) is 47.0 Å². The molecule has 0 bridgehead atoms. The fourth-order valence-corrected chi connectivity index (χ4v) is 2.18. The summed E-state index contributed by atoms with van der Waals surface area (Å²) in [5.74, 6) is 0.0784. The summed E-state index contributed by atoms with van der Waals surface area (Å²) in [5, 5.41) is 0.273. The van der Waals surface area contributed by atoms with E-state index in [9.17, 15) is 0 Å². The molecule has 0 spiro atoms. The smallest absolute Gasteiger partial charge is 0.233 e. The second-order valence-electron chi connectivity index (χ2n) is 3.66. The molecule has 6 heteroatoms. The van der Waals surface area contributed by atoms with Crippen LogP contribution in [0.5, 0.6) is 0 Å². The molecule has 2 rings (SSSR count). The van der Waals surface area contributed by atoms with Gasteiger partial charge < -0.3 is 0 Å². The molecular weight excluding hydrogens is 314 g/mol. The SMILES string of the molecule is Cc1nc(C(Cl)(Cl)Cl)nc(Cl)c1-c1ccccc1. The molecule has 94 valence electrons. The van der Waals surface area contributed by atoms with Gasteiger partial charge in [-0.25, -0.2) is 9.97 Å². The fraction of sp³-hybridized carbons (Fsp3) is 0.167. The molecule has 0 aliphatic carbocycles. The van der Waals surface area contributed by atoms with Crippen molar-refractivity contribution >= 4 is 46.4 Å². The first-order valence-electron chi connectivity index (χ1n) is 5.06. The zero-order chi connectivity index (χ0) is 13.3. The van der Waals surface area contributed by atoms with Crippen molar-refractivity contribution in [2.45, 2.75) is 10.7 Å². The average Bonchev–Trinajstić information content (AvgIpc) is 2.28. The molecule has 0 aliphatic heterocycles. The van der Waals surface area contributed by atoms with Gasteiger partial charge in [0.15, 0.2) is 5.82 Å². The van der Waals surface area contributed by atoms with E-state index >= 15 is 0 Å². The van der Waals surface area contributed by atoms with Gasteiger partial charge in [0.05, 0.1) is 5.69 Å². The van der Waals surface area contributed by atoms with E-state index in [-0.39, 0.29) is 11.0 Å². The van der Waals surface area contributed by atoms with Crippen LogP contribution in [0.4, 0.5) is 0 Å². The molecule has 1 heterocycles. The summed E-state index contributed by atoms with van der Waals surface area (Å²) in [6.07, 6.45) is 0. The first-order chi connectivity index (χ1) is 8.39. The average molecular weight is 322 g/mol. The van der Waals surface area contributed by atoms with Crippen LogP contribution in [-0.2, 0) is 3.79 Å². The monoisotopic (exact) mass is 320 g/mol. The van der Waals surface area contributed by atoms with Gasteiger partial charge in [-0.1, -0.05) is 76.7 Å². The van der Waals surface area contributed by atoms with Gasteiger partial charge in [-0.15, -0.1) is 0 Å². The summed E-state index contributed by atoms with van der Waals surface area (Å²) in [6.45, 7) is 1.80. The Labute approximate surface area is 125 Å². The van der Waals surface area contributed by atoms with E-state index in [0.717, 1.165) is 11.1 Å². The predicted octanol–water partition coefficient (Wildman–Crippen LogP) is 4.93. The molecule has 0 amide bonds. The van der Waals surface area contributed by atoms with Gasteiger partial charge in [-0.05, 0) is 12.5 Å². The van der Waals surface area contributed by atoms with Crippen LogP contribution < -0.4 is 0 Å². The maximum atomic E-state index is 6.15. The van der Waals surface area contributed by atoms with E-state index in [4.69, 9.17) is 46.4 Å². The third kappa shape index (κ3) is 2.89. The maximum absolute atomic E-state index is 6.15. The van der Waals surface area contributed by atoms with Crippen molar-refractivity contribution in [1.82, 2.24) is 9.97 Å². The van der Waals surface area contributed by atoms with Gasteiger partial charge in [0.2, 0.25) is 3.79 Å². The standard InChI is InChI=1S/C12H8Cl4N2/c1-7-9(8-5-3-2-4-6-8)10(13)18-11(17-7)12(14,15)16/h2-6H,1H3. The van der Waals surface area contributed by atoms with E-state index in [1.807, 2.05) is 30.3 Å². The lowest BCUT2D eigenvalue weighted by atomic mass is 10.1. The zero-order valence-corrected chi connectivity index (χ0v) is 12.3. The van der Waals surface area contributed by atoms with Crippen molar-refractivity contribution in [3.63, 3.8) is 0 Å². The van der Waals surface area contributed by atoms with E-state index in [1.165, 1.54) is 0 Å². The lowest BCUT2D eigenvalue weighted by Gasteiger charge is -2.13. The fourth-order valence-electron chi connectivity index (χ4n) is 1.60. The van der Waals surface area contributed by atoms with Crippen LogP contribution in [0.3, 0.4) is 0 Å². The topological polar surface area (TPSA) is 25.8 Å². The summed E-state index contributed by atoms with van der Waals surface area (Å²) in [4.78, 5) is 8.23. The van der Waals surface area contributed by atoms with Gasteiger partial charge in [0, 0.05) is 5.56 Å². The highest BCUT2D eigenvalue weighted by Crippen LogP contribution is 2.38. The maximum Gasteiger partial charge on any atom is 0.250 e. The molecule has 0 saturated carbocycles. The Morgan fingerprint density at radius 2 is 1.61 bits per heavy atom. The summed E-state index contributed by atoms with van der Waals surface area (Å²) >= 11 is 23.4. The lowest BCUT2D eigenvalue weighted by Crippen LogP contribution is -2.09. The highest BCUT2D eigenvalue weighted by atomic mass is 35.6. The van der Waals surface area contributed by atoms with Crippen LogP contribution in [0.25, 0.3) is 11.1 Å². The second-order valence-corrected chi connectivity index (χ2v) is 6.30. The van der Waals surface area contributed by atoms with E-state index in [1.54, 1.807) is 6.92 Å². The summed E-state index contributed by atoms with van der Waals surface area (Å²) in [5.41, 5.74) is 2.34. The number of rotatable bonds is 1. The molecule has 0 N–H and O–H groups in total. The Kier molecular flexibility index (Phi) is 4.02. The van der Waals surface area contributed by atoms with Crippen molar-refractivity contribution in [1.29, 1.82) is 0 Å². The highest BCUT2D eigenvalue weighted by molar-refractivity contribution is 6.66. The first kappa shape index (κ1) is 13.9. The zero-order valence-electron chi connectivity index (χ0n) is 9.29. The van der Waals surface area contributed by atoms with Crippen LogP contribution in [0.1, 0.15) is 11.5 Å². The van der Waals surface area contributed by atoms with Gasteiger partial charge in [0.1, 0.15) is 5.15 Å². The van der Waals surface area contributed by atoms with Crippen molar-refractivity contribution < 1.29 is 0 Å². The minimum atomic E-state index is -1.68. The molecule has 0 aliphatic rings. The van der Waals surface area contributed by atoms with Gasteiger partial charge in [-0.2, -0.15) is 0 Å². The lowest BCUT2D eigenvalue weighted by molar-refractivity contribution is 0.945. The Balaban J connectivity index is 2.59. The normalized spacial score (nSPS) is 11.6. The molecule has 0 atom stereocenters. The highest BCUT2D eigenvalue weighted by Gasteiger charge is 2.28. The number of aryl methyl sites for hydroxylation is 1.